The number of hydrogen-bond acceptors (Lipinski definition) is 3. The summed E-state index contributed by atoms with van der Waals surface area (Å²) in [4.78, 5) is 2.47. The Kier molecular flexibility index (Phi) is 2.95. The van der Waals surface area contributed by atoms with Crippen molar-refractivity contribution in [2.75, 3.05) is 18.8 Å². The molecule has 1 aromatic heterocycles. The van der Waals surface area contributed by atoms with E-state index in [1.165, 1.54) is 25.9 Å². The zero-order chi connectivity index (χ0) is 10.8. The van der Waals surface area contributed by atoms with Gasteiger partial charge in [0.2, 0.25) is 0 Å². The van der Waals surface area contributed by atoms with Gasteiger partial charge in [0, 0.05) is 19.2 Å². The van der Waals surface area contributed by atoms with Gasteiger partial charge in [0.1, 0.15) is 5.82 Å². The van der Waals surface area contributed by atoms with E-state index in [-0.39, 0.29) is 0 Å². The van der Waals surface area contributed by atoms with Crippen molar-refractivity contribution >= 4 is 5.82 Å². The van der Waals surface area contributed by atoms with E-state index in [9.17, 15) is 0 Å². The fourth-order valence-electron chi connectivity index (χ4n) is 2.08. The van der Waals surface area contributed by atoms with Gasteiger partial charge in [-0.15, -0.1) is 0 Å². The van der Waals surface area contributed by atoms with E-state index in [4.69, 9.17) is 5.73 Å². The molecule has 1 aromatic rings. The minimum atomic E-state index is 0.800. The van der Waals surface area contributed by atoms with Gasteiger partial charge in [-0.3, -0.25) is 9.58 Å². The predicted octanol–water partition coefficient (Wildman–Crippen LogP) is 1.23. The number of hydrogen-bond donors (Lipinski definition) is 1. The summed E-state index contributed by atoms with van der Waals surface area (Å²) in [5.74, 6) is 1.68. The molecule has 4 nitrogen and oxygen atoms in total. The van der Waals surface area contributed by atoms with Gasteiger partial charge in [0.15, 0.2) is 0 Å². The lowest BCUT2D eigenvalue weighted by Crippen LogP contribution is -2.32. The van der Waals surface area contributed by atoms with Crippen molar-refractivity contribution in [2.24, 2.45) is 13.0 Å². The second-order valence-corrected chi connectivity index (χ2v) is 4.64. The lowest BCUT2D eigenvalue weighted by molar-refractivity contribution is 0.185. The van der Waals surface area contributed by atoms with Gasteiger partial charge in [0.05, 0.1) is 6.20 Å². The van der Waals surface area contributed by atoms with E-state index < -0.39 is 0 Å². The molecule has 15 heavy (non-hydrogen) atoms. The average molecular weight is 208 g/mol. The predicted molar refractivity (Wildman–Crippen MR) is 61.3 cm³/mol. The van der Waals surface area contributed by atoms with Crippen LogP contribution in [-0.4, -0.2) is 27.8 Å². The summed E-state index contributed by atoms with van der Waals surface area (Å²) in [7, 11) is 1.89. The van der Waals surface area contributed by atoms with Crippen molar-refractivity contribution in [1.29, 1.82) is 0 Å². The zero-order valence-corrected chi connectivity index (χ0v) is 9.61. The first-order valence-corrected chi connectivity index (χ1v) is 5.65. The first kappa shape index (κ1) is 10.5. The SMILES string of the molecule is CC1CCN(Cc2cnn(C)c2N)CC1. The molecule has 0 spiro atoms. The molecule has 0 radical (unpaired) electrons. The lowest BCUT2D eigenvalue weighted by Gasteiger charge is -2.29. The molecule has 0 aromatic carbocycles. The zero-order valence-electron chi connectivity index (χ0n) is 9.61. The lowest BCUT2D eigenvalue weighted by atomic mass is 9.99. The maximum Gasteiger partial charge on any atom is 0.125 e. The van der Waals surface area contributed by atoms with Crippen molar-refractivity contribution < 1.29 is 0 Å². The number of rotatable bonds is 2. The first-order chi connectivity index (χ1) is 7.16. The van der Waals surface area contributed by atoms with Crippen LogP contribution in [0.25, 0.3) is 0 Å². The van der Waals surface area contributed by atoms with Crippen LogP contribution in [0.5, 0.6) is 0 Å². The van der Waals surface area contributed by atoms with Crippen LogP contribution < -0.4 is 5.73 Å². The molecular weight excluding hydrogens is 188 g/mol. The minimum Gasteiger partial charge on any atom is -0.384 e. The van der Waals surface area contributed by atoms with Gasteiger partial charge in [-0.25, -0.2) is 0 Å². The molecule has 1 aliphatic rings. The summed E-state index contributed by atoms with van der Waals surface area (Å²) in [5, 5.41) is 4.16. The number of nitrogens with two attached hydrogens (primary N) is 1. The average Bonchev–Trinajstić information content (AvgIpc) is 2.53. The molecule has 0 bridgehead atoms. The van der Waals surface area contributed by atoms with Crippen LogP contribution in [0.2, 0.25) is 0 Å². The Labute approximate surface area is 91.1 Å². The topological polar surface area (TPSA) is 47.1 Å². The summed E-state index contributed by atoms with van der Waals surface area (Å²) in [6.45, 7) is 5.66. The number of nitrogens with zero attached hydrogens (tertiary/aromatic N) is 3. The van der Waals surface area contributed by atoms with Gasteiger partial charge in [0.25, 0.3) is 0 Å². The number of nitrogen functional groups attached to an aromatic ring is 1. The molecule has 0 atom stereocenters. The summed E-state index contributed by atoms with van der Waals surface area (Å²) < 4.78 is 1.74. The summed E-state index contributed by atoms with van der Waals surface area (Å²) in [5.41, 5.74) is 7.08. The number of aromatic nitrogens is 2. The van der Waals surface area contributed by atoms with E-state index in [1.807, 2.05) is 13.2 Å². The fraction of sp³-hybridized carbons (Fsp3) is 0.727. The van der Waals surface area contributed by atoms with E-state index in [0.717, 1.165) is 23.8 Å². The normalized spacial score (nSPS) is 19.6. The summed E-state index contributed by atoms with van der Waals surface area (Å²) in [6.07, 6.45) is 4.49. The number of likely N-dealkylation sites (tertiary alicyclic amines) is 1. The Morgan fingerprint density at radius 1 is 1.47 bits per heavy atom. The van der Waals surface area contributed by atoms with Crippen LogP contribution in [0.4, 0.5) is 5.82 Å². The molecule has 1 fully saturated rings. The van der Waals surface area contributed by atoms with Crippen molar-refractivity contribution in [1.82, 2.24) is 14.7 Å². The quantitative estimate of drug-likeness (QED) is 0.795. The Morgan fingerprint density at radius 3 is 2.67 bits per heavy atom. The van der Waals surface area contributed by atoms with E-state index >= 15 is 0 Å². The number of piperidine rings is 1. The first-order valence-electron chi connectivity index (χ1n) is 5.65. The van der Waals surface area contributed by atoms with E-state index in [0.29, 0.717) is 0 Å². The molecule has 0 saturated carbocycles. The van der Waals surface area contributed by atoms with Crippen molar-refractivity contribution in [2.45, 2.75) is 26.3 Å². The summed E-state index contributed by atoms with van der Waals surface area (Å²) >= 11 is 0. The molecule has 0 aliphatic carbocycles. The summed E-state index contributed by atoms with van der Waals surface area (Å²) in [6, 6.07) is 0. The molecule has 2 N–H and O–H groups in total. The molecule has 0 amide bonds. The van der Waals surface area contributed by atoms with Crippen molar-refractivity contribution in [3.8, 4) is 0 Å². The van der Waals surface area contributed by atoms with Crippen molar-refractivity contribution in [3.05, 3.63) is 11.8 Å². The third kappa shape index (κ3) is 2.31. The van der Waals surface area contributed by atoms with Crippen molar-refractivity contribution in [3.63, 3.8) is 0 Å². The smallest absolute Gasteiger partial charge is 0.125 e. The van der Waals surface area contributed by atoms with Gasteiger partial charge < -0.3 is 5.73 Å². The highest BCUT2D eigenvalue weighted by atomic mass is 15.3. The second kappa shape index (κ2) is 4.23. The van der Waals surface area contributed by atoms with Crippen LogP contribution >= 0.6 is 0 Å². The Hall–Kier alpha value is -1.03. The molecule has 1 saturated heterocycles. The maximum absolute atomic E-state index is 5.92. The highest BCUT2D eigenvalue weighted by molar-refractivity contribution is 5.38. The Balaban J connectivity index is 1.94. The third-order valence-electron chi connectivity index (χ3n) is 3.33. The largest absolute Gasteiger partial charge is 0.384 e. The standard InChI is InChI=1S/C11H20N4/c1-9-3-5-15(6-4-9)8-10-7-13-14(2)11(10)12/h7,9H,3-6,8,12H2,1-2H3. The van der Waals surface area contributed by atoms with Crippen LogP contribution in [0.15, 0.2) is 6.20 Å². The fourth-order valence-corrected chi connectivity index (χ4v) is 2.08. The second-order valence-electron chi connectivity index (χ2n) is 4.64. The Morgan fingerprint density at radius 2 is 2.13 bits per heavy atom. The van der Waals surface area contributed by atoms with Crippen LogP contribution in [0.3, 0.4) is 0 Å². The van der Waals surface area contributed by atoms with E-state index in [1.54, 1.807) is 4.68 Å². The van der Waals surface area contributed by atoms with Gasteiger partial charge in [-0.05, 0) is 31.8 Å². The van der Waals surface area contributed by atoms with Gasteiger partial charge >= 0.3 is 0 Å². The maximum atomic E-state index is 5.92. The molecule has 1 aliphatic heterocycles. The monoisotopic (exact) mass is 208 g/mol. The third-order valence-corrected chi connectivity index (χ3v) is 3.33. The highest BCUT2D eigenvalue weighted by Gasteiger charge is 2.17. The van der Waals surface area contributed by atoms with Gasteiger partial charge in [-0.2, -0.15) is 5.10 Å². The molecule has 4 heteroatoms. The van der Waals surface area contributed by atoms with E-state index in [2.05, 4.69) is 16.9 Å². The molecule has 0 unspecified atom stereocenters. The van der Waals surface area contributed by atoms with Crippen LogP contribution in [0.1, 0.15) is 25.3 Å². The molecular formula is C11H20N4. The molecule has 2 rings (SSSR count). The molecule has 2 heterocycles. The molecule has 84 valence electrons. The van der Waals surface area contributed by atoms with Crippen LogP contribution in [0, 0.1) is 5.92 Å². The minimum absolute atomic E-state index is 0.800. The number of anilines is 1. The highest BCUT2D eigenvalue weighted by Crippen LogP contribution is 2.19. The Bertz CT molecular complexity index is 323. The number of aryl methyl sites for hydroxylation is 1. The van der Waals surface area contributed by atoms with Gasteiger partial charge in [-0.1, -0.05) is 6.92 Å². The van der Waals surface area contributed by atoms with Crippen LogP contribution in [-0.2, 0) is 13.6 Å².